The Morgan fingerprint density at radius 3 is 2.86 bits per heavy atom. The third-order valence-electron chi connectivity index (χ3n) is 4.64. The zero-order valence-electron chi connectivity index (χ0n) is 12.6. The van der Waals surface area contributed by atoms with Crippen LogP contribution in [0.3, 0.4) is 0 Å². The van der Waals surface area contributed by atoms with Crippen molar-refractivity contribution in [3.63, 3.8) is 0 Å². The minimum absolute atomic E-state index is 0.131. The van der Waals surface area contributed by atoms with Crippen LogP contribution >= 0.6 is 0 Å². The summed E-state index contributed by atoms with van der Waals surface area (Å²) in [6.07, 6.45) is 9.04. The lowest BCUT2D eigenvalue weighted by molar-refractivity contribution is -0.137. The Labute approximate surface area is 129 Å². The van der Waals surface area contributed by atoms with Crippen LogP contribution in [-0.2, 0) is 4.79 Å². The number of rotatable bonds is 3. The van der Waals surface area contributed by atoms with Crippen molar-refractivity contribution in [2.45, 2.75) is 38.0 Å². The third kappa shape index (κ3) is 3.05. The number of nitrogens with one attached hydrogen (secondary N) is 1. The van der Waals surface area contributed by atoms with Gasteiger partial charge in [-0.25, -0.2) is 0 Å². The maximum absolute atomic E-state index is 12.6. The summed E-state index contributed by atoms with van der Waals surface area (Å²) < 4.78 is 0. The van der Waals surface area contributed by atoms with Crippen molar-refractivity contribution < 1.29 is 9.59 Å². The lowest BCUT2D eigenvalue weighted by Crippen LogP contribution is -2.42. The summed E-state index contributed by atoms with van der Waals surface area (Å²) >= 11 is 0. The van der Waals surface area contributed by atoms with E-state index in [1.54, 1.807) is 6.07 Å². The molecule has 22 heavy (non-hydrogen) atoms. The highest BCUT2D eigenvalue weighted by atomic mass is 16.2. The highest BCUT2D eigenvalue weighted by molar-refractivity contribution is 5.90. The normalized spacial score (nSPS) is 25.2. The number of aromatic amines is 1. The molecular formula is C16H22N4O2. The number of carbonyl (C=O) groups is 2. The van der Waals surface area contributed by atoms with Crippen molar-refractivity contribution in [2.75, 3.05) is 13.1 Å². The van der Waals surface area contributed by atoms with Crippen molar-refractivity contribution in [2.24, 2.45) is 11.7 Å². The first-order valence-electron chi connectivity index (χ1n) is 7.94. The lowest BCUT2D eigenvalue weighted by Gasteiger charge is -2.35. The number of hydrogen-bond donors (Lipinski definition) is 2. The largest absolute Gasteiger partial charge is 0.364 e. The summed E-state index contributed by atoms with van der Waals surface area (Å²) in [5.74, 6) is 0.0769. The molecule has 1 aliphatic heterocycles. The van der Waals surface area contributed by atoms with Gasteiger partial charge < -0.3 is 10.6 Å². The van der Waals surface area contributed by atoms with Crippen LogP contribution in [-0.4, -0.2) is 40.0 Å². The Morgan fingerprint density at radius 2 is 2.18 bits per heavy atom. The summed E-state index contributed by atoms with van der Waals surface area (Å²) in [5.41, 5.74) is 6.40. The van der Waals surface area contributed by atoms with Gasteiger partial charge in [-0.2, -0.15) is 5.10 Å². The number of carbonyl (C=O) groups excluding carboxylic acids is 2. The Kier molecular flexibility index (Phi) is 4.27. The number of H-pyrrole nitrogens is 1. The van der Waals surface area contributed by atoms with Gasteiger partial charge in [0, 0.05) is 30.6 Å². The minimum Gasteiger partial charge on any atom is -0.364 e. The monoisotopic (exact) mass is 302 g/mol. The molecule has 118 valence electrons. The van der Waals surface area contributed by atoms with Crippen LogP contribution in [0.1, 0.15) is 54.2 Å². The Bertz CT molecular complexity index is 593. The van der Waals surface area contributed by atoms with Gasteiger partial charge in [-0.15, -0.1) is 0 Å². The Morgan fingerprint density at radius 1 is 1.32 bits per heavy atom. The molecule has 1 aliphatic carbocycles. The minimum atomic E-state index is -0.528. The summed E-state index contributed by atoms with van der Waals surface area (Å²) in [6.45, 7) is 1.52. The molecule has 3 N–H and O–H groups in total. The number of nitrogens with two attached hydrogens (primary N) is 1. The molecular weight excluding hydrogens is 280 g/mol. The first kappa shape index (κ1) is 14.8. The molecule has 0 saturated carbocycles. The number of aromatic nitrogens is 2. The van der Waals surface area contributed by atoms with Crippen molar-refractivity contribution in [1.82, 2.24) is 15.1 Å². The number of piperidine rings is 1. The van der Waals surface area contributed by atoms with Crippen LogP contribution in [0.2, 0.25) is 0 Å². The number of allylic oxidation sites excluding steroid dienone is 2. The molecule has 2 aliphatic rings. The molecule has 0 aromatic carbocycles. The van der Waals surface area contributed by atoms with Gasteiger partial charge in [0.1, 0.15) is 5.69 Å². The van der Waals surface area contributed by atoms with Crippen LogP contribution in [0.15, 0.2) is 18.2 Å². The molecule has 0 spiro atoms. The predicted octanol–water partition coefficient (Wildman–Crippen LogP) is 1.57. The van der Waals surface area contributed by atoms with E-state index in [-0.39, 0.29) is 23.4 Å². The van der Waals surface area contributed by atoms with Gasteiger partial charge in [-0.1, -0.05) is 12.2 Å². The van der Waals surface area contributed by atoms with Gasteiger partial charge in [-0.05, 0) is 38.2 Å². The van der Waals surface area contributed by atoms with E-state index in [1.807, 2.05) is 4.90 Å². The second kappa shape index (κ2) is 6.34. The maximum atomic E-state index is 12.6. The van der Waals surface area contributed by atoms with E-state index in [1.165, 1.54) is 0 Å². The first-order chi connectivity index (χ1) is 10.6. The van der Waals surface area contributed by atoms with E-state index < -0.39 is 5.91 Å². The highest BCUT2D eigenvalue weighted by Crippen LogP contribution is 2.29. The topological polar surface area (TPSA) is 92.1 Å². The lowest BCUT2D eigenvalue weighted by atomic mass is 9.90. The molecule has 1 aromatic heterocycles. The Hall–Kier alpha value is -2.11. The molecule has 1 saturated heterocycles. The van der Waals surface area contributed by atoms with Gasteiger partial charge in [0.05, 0.1) is 0 Å². The molecule has 0 radical (unpaired) electrons. The quantitative estimate of drug-likeness (QED) is 0.830. The Balaban J connectivity index is 1.66. The predicted molar refractivity (Wildman–Crippen MR) is 82.1 cm³/mol. The third-order valence-corrected chi connectivity index (χ3v) is 4.64. The van der Waals surface area contributed by atoms with Crippen LogP contribution in [0, 0.1) is 5.92 Å². The number of primary amides is 1. The molecule has 0 bridgehead atoms. The van der Waals surface area contributed by atoms with Crippen LogP contribution in [0.5, 0.6) is 0 Å². The first-order valence-corrected chi connectivity index (χ1v) is 7.94. The summed E-state index contributed by atoms with van der Waals surface area (Å²) in [5, 5.41) is 6.83. The average Bonchev–Trinajstić information content (AvgIpc) is 3.05. The fourth-order valence-corrected chi connectivity index (χ4v) is 3.38. The summed E-state index contributed by atoms with van der Waals surface area (Å²) in [4.78, 5) is 25.8. The van der Waals surface area contributed by atoms with E-state index in [4.69, 9.17) is 5.73 Å². The van der Waals surface area contributed by atoms with E-state index in [2.05, 4.69) is 22.3 Å². The fourth-order valence-electron chi connectivity index (χ4n) is 3.38. The maximum Gasteiger partial charge on any atom is 0.269 e. The van der Waals surface area contributed by atoms with Crippen molar-refractivity contribution in [3.8, 4) is 0 Å². The summed E-state index contributed by atoms with van der Waals surface area (Å²) in [7, 11) is 0. The second-order valence-electron chi connectivity index (χ2n) is 6.18. The van der Waals surface area contributed by atoms with Crippen molar-refractivity contribution in [1.29, 1.82) is 0 Å². The molecule has 6 nitrogen and oxygen atoms in total. The average molecular weight is 302 g/mol. The van der Waals surface area contributed by atoms with Gasteiger partial charge in [0.25, 0.3) is 5.91 Å². The van der Waals surface area contributed by atoms with Gasteiger partial charge in [0.15, 0.2) is 0 Å². The van der Waals surface area contributed by atoms with E-state index in [9.17, 15) is 9.59 Å². The number of amides is 2. The fraction of sp³-hybridized carbons (Fsp3) is 0.562. The van der Waals surface area contributed by atoms with E-state index in [0.717, 1.165) is 44.3 Å². The van der Waals surface area contributed by atoms with Gasteiger partial charge >= 0.3 is 0 Å². The van der Waals surface area contributed by atoms with E-state index >= 15 is 0 Å². The SMILES string of the molecule is NC(=O)c1cc([C@@H]2CCCN(C(=O)[C@@H]3CC=CCC3)C2)[nH]n1. The molecule has 0 unspecified atom stereocenters. The molecule has 1 aromatic rings. The molecule has 2 amide bonds. The zero-order valence-corrected chi connectivity index (χ0v) is 12.6. The van der Waals surface area contributed by atoms with Crippen LogP contribution < -0.4 is 5.73 Å². The second-order valence-corrected chi connectivity index (χ2v) is 6.18. The highest BCUT2D eigenvalue weighted by Gasteiger charge is 2.30. The van der Waals surface area contributed by atoms with Gasteiger partial charge in [-0.3, -0.25) is 14.7 Å². The molecule has 2 atom stereocenters. The number of likely N-dealkylation sites (tertiary alicyclic amines) is 1. The van der Waals surface area contributed by atoms with Gasteiger partial charge in [0.2, 0.25) is 5.91 Å². The molecule has 2 heterocycles. The standard InChI is InChI=1S/C16H22N4O2/c17-15(21)14-9-13(18-19-14)12-7-4-8-20(10-12)16(22)11-5-2-1-3-6-11/h1-2,9,11-12H,3-8,10H2,(H2,17,21)(H,18,19)/t11-,12-/m1/s1. The zero-order chi connectivity index (χ0) is 15.5. The number of nitrogens with zero attached hydrogens (tertiary/aromatic N) is 2. The van der Waals surface area contributed by atoms with Crippen molar-refractivity contribution >= 4 is 11.8 Å². The number of hydrogen-bond acceptors (Lipinski definition) is 3. The van der Waals surface area contributed by atoms with Crippen LogP contribution in [0.4, 0.5) is 0 Å². The molecule has 6 heteroatoms. The molecule has 1 fully saturated rings. The van der Waals surface area contributed by atoms with E-state index in [0.29, 0.717) is 6.54 Å². The smallest absolute Gasteiger partial charge is 0.269 e. The van der Waals surface area contributed by atoms with Crippen molar-refractivity contribution in [3.05, 3.63) is 29.6 Å². The van der Waals surface area contributed by atoms with Crippen LogP contribution in [0.25, 0.3) is 0 Å². The summed E-state index contributed by atoms with van der Waals surface area (Å²) in [6, 6.07) is 1.71. The molecule has 3 rings (SSSR count).